The van der Waals surface area contributed by atoms with E-state index in [1.807, 2.05) is 12.1 Å². The number of fused-ring (bicyclic) bond motifs is 1. The molecule has 3 rings (SSSR count). The Balaban J connectivity index is 2.21. The second-order valence-corrected chi connectivity index (χ2v) is 4.00. The Morgan fingerprint density at radius 3 is 2.71 bits per heavy atom. The summed E-state index contributed by atoms with van der Waals surface area (Å²) < 4.78 is 5.61. The molecule has 0 saturated heterocycles. The number of nitrogen functional groups attached to an aromatic ring is 1. The Bertz CT molecular complexity index is 640. The van der Waals surface area contributed by atoms with E-state index in [9.17, 15) is 0 Å². The molecule has 0 amide bonds. The van der Waals surface area contributed by atoms with Crippen molar-refractivity contribution in [3.63, 3.8) is 0 Å². The fraction of sp³-hybridized carbons (Fsp3) is 0. The molecule has 0 fully saturated rings. The van der Waals surface area contributed by atoms with Crippen LogP contribution in [0.15, 0.2) is 41.1 Å². The Hall–Kier alpha value is -2.07. The highest BCUT2D eigenvalue weighted by Gasteiger charge is 2.09. The minimum absolute atomic E-state index is 0.479. The average molecular weight is 246 g/mol. The third-order valence-corrected chi connectivity index (χ3v) is 2.76. The molecule has 0 bridgehead atoms. The summed E-state index contributed by atoms with van der Waals surface area (Å²) in [5, 5.41) is 0.479. The lowest BCUT2D eigenvalue weighted by Crippen LogP contribution is -1.84. The van der Waals surface area contributed by atoms with Crippen molar-refractivity contribution in [2.75, 3.05) is 5.73 Å². The van der Waals surface area contributed by atoms with E-state index in [1.165, 1.54) is 0 Å². The summed E-state index contributed by atoms with van der Waals surface area (Å²) in [6.45, 7) is 0. The highest BCUT2D eigenvalue weighted by molar-refractivity contribution is 6.33. The first-order valence-electron chi connectivity index (χ1n) is 5.00. The van der Waals surface area contributed by atoms with Crippen molar-refractivity contribution in [3.8, 4) is 11.5 Å². The highest BCUT2D eigenvalue weighted by atomic mass is 35.5. The van der Waals surface area contributed by atoms with Crippen LogP contribution in [-0.4, -0.2) is 9.97 Å². The van der Waals surface area contributed by atoms with Gasteiger partial charge in [0.1, 0.15) is 5.52 Å². The lowest BCUT2D eigenvalue weighted by Gasteiger charge is -1.94. The zero-order chi connectivity index (χ0) is 11.8. The molecular formula is C12H8ClN3O. The van der Waals surface area contributed by atoms with E-state index in [0.717, 1.165) is 5.56 Å². The molecule has 5 heteroatoms. The van der Waals surface area contributed by atoms with Crippen molar-refractivity contribution in [2.45, 2.75) is 0 Å². The van der Waals surface area contributed by atoms with Crippen molar-refractivity contribution in [1.29, 1.82) is 0 Å². The van der Waals surface area contributed by atoms with Crippen LogP contribution in [0.4, 0.5) is 5.69 Å². The predicted octanol–water partition coefficient (Wildman–Crippen LogP) is 3.13. The zero-order valence-electron chi connectivity index (χ0n) is 8.72. The topological polar surface area (TPSA) is 64.9 Å². The minimum Gasteiger partial charge on any atom is -0.436 e. The molecule has 1 aromatic carbocycles. The van der Waals surface area contributed by atoms with Gasteiger partial charge >= 0.3 is 0 Å². The Morgan fingerprint density at radius 2 is 1.94 bits per heavy atom. The molecule has 0 atom stereocenters. The molecule has 2 N–H and O–H groups in total. The van der Waals surface area contributed by atoms with Gasteiger partial charge in [0.05, 0.1) is 10.7 Å². The molecule has 2 aromatic heterocycles. The van der Waals surface area contributed by atoms with Gasteiger partial charge in [-0.05, 0) is 18.2 Å². The molecule has 0 aliphatic rings. The van der Waals surface area contributed by atoms with E-state index in [-0.39, 0.29) is 0 Å². The van der Waals surface area contributed by atoms with Gasteiger partial charge in [0.25, 0.3) is 0 Å². The second-order valence-electron chi connectivity index (χ2n) is 3.60. The third-order valence-electron chi connectivity index (χ3n) is 2.43. The lowest BCUT2D eigenvalue weighted by molar-refractivity contribution is 0.620. The van der Waals surface area contributed by atoms with Crippen LogP contribution < -0.4 is 5.73 Å². The maximum absolute atomic E-state index is 5.93. The van der Waals surface area contributed by atoms with Crippen molar-refractivity contribution in [3.05, 3.63) is 41.7 Å². The molecule has 0 saturated carbocycles. The molecule has 84 valence electrons. The van der Waals surface area contributed by atoms with Gasteiger partial charge in [0, 0.05) is 24.0 Å². The summed E-state index contributed by atoms with van der Waals surface area (Å²) in [6.07, 6.45) is 3.37. The first kappa shape index (κ1) is 10.1. The summed E-state index contributed by atoms with van der Waals surface area (Å²) >= 11 is 5.93. The van der Waals surface area contributed by atoms with Gasteiger partial charge in [0.2, 0.25) is 5.89 Å². The monoisotopic (exact) mass is 245 g/mol. The molecule has 3 aromatic rings. The standard InChI is InChI=1S/C12H8ClN3O/c13-8-5-10-11(6-9(8)14)17-12(16-10)7-1-3-15-4-2-7/h1-6H,14H2. The van der Waals surface area contributed by atoms with E-state index >= 15 is 0 Å². The fourth-order valence-corrected chi connectivity index (χ4v) is 1.74. The SMILES string of the molecule is Nc1cc2oc(-c3ccncc3)nc2cc1Cl. The molecule has 17 heavy (non-hydrogen) atoms. The third kappa shape index (κ3) is 1.72. The first-order valence-corrected chi connectivity index (χ1v) is 5.38. The summed E-state index contributed by atoms with van der Waals surface area (Å²) in [7, 11) is 0. The molecule has 0 aliphatic carbocycles. The number of oxazole rings is 1. The highest BCUT2D eigenvalue weighted by Crippen LogP contribution is 2.29. The number of hydrogen-bond acceptors (Lipinski definition) is 4. The van der Waals surface area contributed by atoms with E-state index in [1.54, 1.807) is 24.5 Å². The lowest BCUT2D eigenvalue weighted by atomic mass is 10.3. The van der Waals surface area contributed by atoms with E-state index in [4.69, 9.17) is 21.8 Å². The summed E-state index contributed by atoms with van der Waals surface area (Å²) in [6, 6.07) is 7.03. The normalized spacial score (nSPS) is 10.9. The van der Waals surface area contributed by atoms with E-state index in [2.05, 4.69) is 9.97 Å². The molecule has 0 spiro atoms. The zero-order valence-corrected chi connectivity index (χ0v) is 9.48. The maximum Gasteiger partial charge on any atom is 0.227 e. The van der Waals surface area contributed by atoms with Crippen LogP contribution in [0.1, 0.15) is 0 Å². The number of anilines is 1. The number of benzene rings is 1. The van der Waals surface area contributed by atoms with Crippen LogP contribution in [0.2, 0.25) is 5.02 Å². The predicted molar refractivity (Wildman–Crippen MR) is 66.7 cm³/mol. The number of nitrogens with two attached hydrogens (primary N) is 1. The summed E-state index contributed by atoms with van der Waals surface area (Å²) in [4.78, 5) is 8.29. The quantitative estimate of drug-likeness (QED) is 0.669. The Morgan fingerprint density at radius 1 is 1.18 bits per heavy atom. The minimum atomic E-state index is 0.479. The van der Waals surface area contributed by atoms with Gasteiger partial charge in [-0.3, -0.25) is 4.98 Å². The van der Waals surface area contributed by atoms with Crippen molar-refractivity contribution in [2.24, 2.45) is 0 Å². The van der Waals surface area contributed by atoms with Crippen LogP contribution in [0, 0.1) is 0 Å². The number of halogens is 1. The first-order chi connectivity index (χ1) is 8.24. The van der Waals surface area contributed by atoms with Gasteiger partial charge < -0.3 is 10.2 Å². The Kier molecular flexibility index (Phi) is 2.23. The van der Waals surface area contributed by atoms with Gasteiger partial charge in [0.15, 0.2) is 5.58 Å². The van der Waals surface area contributed by atoms with Crippen molar-refractivity contribution >= 4 is 28.4 Å². The maximum atomic E-state index is 5.93. The molecular weight excluding hydrogens is 238 g/mol. The van der Waals surface area contributed by atoms with Crippen LogP contribution in [0.3, 0.4) is 0 Å². The molecule has 2 heterocycles. The largest absolute Gasteiger partial charge is 0.436 e. The van der Waals surface area contributed by atoms with Gasteiger partial charge in [-0.2, -0.15) is 0 Å². The van der Waals surface area contributed by atoms with Crippen LogP contribution >= 0.6 is 11.6 Å². The van der Waals surface area contributed by atoms with Gasteiger partial charge in [-0.25, -0.2) is 4.98 Å². The molecule has 0 radical (unpaired) electrons. The van der Waals surface area contributed by atoms with Crippen molar-refractivity contribution in [1.82, 2.24) is 9.97 Å². The number of pyridine rings is 1. The number of nitrogens with zero attached hydrogens (tertiary/aromatic N) is 2. The molecule has 4 nitrogen and oxygen atoms in total. The van der Waals surface area contributed by atoms with Crippen LogP contribution in [-0.2, 0) is 0 Å². The Labute approximate surface area is 102 Å². The molecule has 0 aliphatic heterocycles. The molecule has 0 unspecified atom stereocenters. The second kappa shape index (κ2) is 3.75. The van der Waals surface area contributed by atoms with Crippen LogP contribution in [0.5, 0.6) is 0 Å². The number of aromatic nitrogens is 2. The fourth-order valence-electron chi connectivity index (χ4n) is 1.58. The number of rotatable bonds is 1. The van der Waals surface area contributed by atoms with Gasteiger partial charge in [-0.1, -0.05) is 11.6 Å². The number of hydrogen-bond donors (Lipinski definition) is 1. The van der Waals surface area contributed by atoms with Gasteiger partial charge in [-0.15, -0.1) is 0 Å². The summed E-state index contributed by atoms with van der Waals surface area (Å²) in [5.74, 6) is 0.532. The summed E-state index contributed by atoms with van der Waals surface area (Å²) in [5.41, 5.74) is 8.37. The van der Waals surface area contributed by atoms with E-state index in [0.29, 0.717) is 27.7 Å². The van der Waals surface area contributed by atoms with Crippen LogP contribution in [0.25, 0.3) is 22.6 Å². The smallest absolute Gasteiger partial charge is 0.227 e. The van der Waals surface area contributed by atoms with E-state index < -0.39 is 0 Å². The van der Waals surface area contributed by atoms with Crippen molar-refractivity contribution < 1.29 is 4.42 Å². The average Bonchev–Trinajstić information content (AvgIpc) is 2.74.